The Bertz CT molecular complexity index is 1050. The van der Waals surface area contributed by atoms with Gasteiger partial charge in [0.25, 0.3) is 0 Å². The van der Waals surface area contributed by atoms with Crippen LogP contribution in [0.5, 0.6) is 0 Å². The van der Waals surface area contributed by atoms with Crippen molar-refractivity contribution in [3.63, 3.8) is 0 Å². The summed E-state index contributed by atoms with van der Waals surface area (Å²) in [5, 5.41) is 15.0. The number of rotatable bonds is 9. The number of amides is 2. The SMILES string of the molecule is CC(C)(CCNC(=O)CC1CCCC1NC(=O)OCC1c2ccccc2-c2ccccc21)C(=O)O. The van der Waals surface area contributed by atoms with Crippen LogP contribution in [-0.2, 0) is 14.3 Å². The van der Waals surface area contributed by atoms with E-state index in [1.807, 2.05) is 24.3 Å². The average Bonchev–Trinajstić information content (AvgIpc) is 3.39. The maximum atomic E-state index is 12.7. The third-order valence-electron chi connectivity index (χ3n) is 7.40. The van der Waals surface area contributed by atoms with Gasteiger partial charge in [0.15, 0.2) is 0 Å². The summed E-state index contributed by atoms with van der Waals surface area (Å²) in [6.45, 7) is 3.87. The Morgan fingerprint density at radius 2 is 1.63 bits per heavy atom. The van der Waals surface area contributed by atoms with Crippen molar-refractivity contribution in [1.82, 2.24) is 10.6 Å². The van der Waals surface area contributed by atoms with E-state index in [1.165, 1.54) is 22.3 Å². The molecule has 7 heteroatoms. The summed E-state index contributed by atoms with van der Waals surface area (Å²) in [6.07, 6.45) is 2.84. The molecule has 2 aliphatic rings. The first kappa shape index (κ1) is 24.8. The Morgan fingerprint density at radius 1 is 1.00 bits per heavy atom. The second kappa shape index (κ2) is 10.5. The number of hydrogen-bond acceptors (Lipinski definition) is 4. The molecule has 2 aromatic rings. The van der Waals surface area contributed by atoms with Crippen molar-refractivity contribution >= 4 is 18.0 Å². The molecule has 1 fully saturated rings. The van der Waals surface area contributed by atoms with Gasteiger partial charge in [-0.2, -0.15) is 0 Å². The molecule has 0 bridgehead atoms. The Morgan fingerprint density at radius 3 is 2.26 bits per heavy atom. The molecule has 2 amide bonds. The summed E-state index contributed by atoms with van der Waals surface area (Å²) in [6, 6.07) is 16.3. The smallest absolute Gasteiger partial charge is 0.407 e. The quantitative estimate of drug-likeness (QED) is 0.485. The van der Waals surface area contributed by atoms with Gasteiger partial charge in [0.2, 0.25) is 5.91 Å². The van der Waals surface area contributed by atoms with Crippen LogP contribution in [0.15, 0.2) is 48.5 Å². The molecule has 0 aliphatic heterocycles. The highest BCUT2D eigenvalue weighted by molar-refractivity contribution is 5.79. The molecule has 0 aromatic heterocycles. The van der Waals surface area contributed by atoms with Crippen LogP contribution in [0.2, 0.25) is 0 Å². The van der Waals surface area contributed by atoms with E-state index in [4.69, 9.17) is 4.74 Å². The molecule has 0 saturated heterocycles. The van der Waals surface area contributed by atoms with E-state index in [0.717, 1.165) is 19.3 Å². The molecule has 3 N–H and O–H groups in total. The number of benzene rings is 2. The van der Waals surface area contributed by atoms with Gasteiger partial charge < -0.3 is 20.5 Å². The summed E-state index contributed by atoms with van der Waals surface area (Å²) in [7, 11) is 0. The van der Waals surface area contributed by atoms with Gasteiger partial charge in [0.05, 0.1) is 5.41 Å². The number of carbonyl (C=O) groups is 3. The Balaban J connectivity index is 1.27. The summed E-state index contributed by atoms with van der Waals surface area (Å²) in [5.74, 6) is -0.941. The van der Waals surface area contributed by atoms with Crippen LogP contribution in [0, 0.1) is 11.3 Å². The van der Waals surface area contributed by atoms with Gasteiger partial charge in [-0.1, -0.05) is 55.0 Å². The molecule has 4 rings (SSSR count). The lowest BCUT2D eigenvalue weighted by Gasteiger charge is -2.22. The number of fused-ring (bicyclic) bond motifs is 3. The van der Waals surface area contributed by atoms with Crippen LogP contribution in [-0.4, -0.2) is 42.3 Å². The summed E-state index contributed by atoms with van der Waals surface area (Å²) < 4.78 is 5.67. The Kier molecular flexibility index (Phi) is 7.43. The number of carboxylic acids is 1. The van der Waals surface area contributed by atoms with Crippen LogP contribution in [0.1, 0.15) is 63.0 Å². The third-order valence-corrected chi connectivity index (χ3v) is 7.40. The number of aliphatic carboxylic acids is 1. The minimum Gasteiger partial charge on any atom is -0.481 e. The van der Waals surface area contributed by atoms with E-state index in [1.54, 1.807) is 13.8 Å². The molecule has 2 unspecified atom stereocenters. The van der Waals surface area contributed by atoms with E-state index in [2.05, 4.69) is 34.9 Å². The molecule has 2 aromatic carbocycles. The average molecular weight is 479 g/mol. The number of nitrogens with one attached hydrogen (secondary N) is 2. The van der Waals surface area contributed by atoms with Crippen LogP contribution in [0.3, 0.4) is 0 Å². The van der Waals surface area contributed by atoms with Crippen molar-refractivity contribution in [3.8, 4) is 11.1 Å². The number of carbonyl (C=O) groups excluding carboxylic acids is 2. The molecule has 2 aliphatic carbocycles. The van der Waals surface area contributed by atoms with Gasteiger partial charge >= 0.3 is 12.1 Å². The predicted molar refractivity (Wildman–Crippen MR) is 133 cm³/mol. The molecule has 2 atom stereocenters. The highest BCUT2D eigenvalue weighted by Crippen LogP contribution is 2.44. The normalized spacial score (nSPS) is 19.0. The van der Waals surface area contributed by atoms with E-state index in [0.29, 0.717) is 19.4 Å². The van der Waals surface area contributed by atoms with Crippen LogP contribution in [0.25, 0.3) is 11.1 Å². The summed E-state index contributed by atoms with van der Waals surface area (Å²) in [4.78, 5) is 36.3. The monoisotopic (exact) mass is 478 g/mol. The fourth-order valence-electron chi connectivity index (χ4n) is 5.19. The molecule has 0 spiro atoms. The first-order chi connectivity index (χ1) is 16.8. The standard InChI is InChI=1S/C28H34N2O5/c1-28(2,26(32)33)14-15-29-25(31)16-18-8-7-13-24(18)30-27(34)35-17-23-21-11-5-3-9-19(21)20-10-4-6-12-22(20)23/h3-6,9-12,18,23-24H,7-8,13-17H2,1-2H3,(H,29,31)(H,30,34)(H,32,33). The Hall–Kier alpha value is -3.35. The van der Waals surface area contributed by atoms with Crippen molar-refractivity contribution in [3.05, 3.63) is 59.7 Å². The second-order valence-corrected chi connectivity index (χ2v) is 10.3. The van der Waals surface area contributed by atoms with Gasteiger partial charge in [-0.3, -0.25) is 9.59 Å². The van der Waals surface area contributed by atoms with Gasteiger partial charge in [-0.05, 0) is 61.3 Å². The van der Waals surface area contributed by atoms with E-state index in [-0.39, 0.29) is 30.4 Å². The van der Waals surface area contributed by atoms with E-state index in [9.17, 15) is 19.5 Å². The first-order valence-corrected chi connectivity index (χ1v) is 12.4. The summed E-state index contributed by atoms with van der Waals surface area (Å²) in [5.41, 5.74) is 3.83. The molecule has 0 heterocycles. The Labute approximate surface area is 206 Å². The minimum absolute atomic E-state index is 0.00774. The lowest BCUT2D eigenvalue weighted by atomic mass is 9.89. The zero-order valence-electron chi connectivity index (χ0n) is 20.4. The van der Waals surface area contributed by atoms with Crippen LogP contribution >= 0.6 is 0 Å². The number of ether oxygens (including phenoxy) is 1. The van der Waals surface area contributed by atoms with Gasteiger partial charge in [0, 0.05) is 24.9 Å². The molecular weight excluding hydrogens is 444 g/mol. The van der Waals surface area contributed by atoms with Gasteiger partial charge in [-0.25, -0.2) is 4.79 Å². The lowest BCUT2D eigenvalue weighted by Crippen LogP contribution is -2.40. The third kappa shape index (κ3) is 5.66. The van der Waals surface area contributed by atoms with Crippen molar-refractivity contribution < 1.29 is 24.2 Å². The van der Waals surface area contributed by atoms with Crippen molar-refractivity contribution in [1.29, 1.82) is 0 Å². The highest BCUT2D eigenvalue weighted by atomic mass is 16.5. The zero-order chi connectivity index (χ0) is 25.0. The highest BCUT2D eigenvalue weighted by Gasteiger charge is 2.33. The van der Waals surface area contributed by atoms with Crippen molar-refractivity contribution in [2.75, 3.05) is 13.2 Å². The second-order valence-electron chi connectivity index (χ2n) is 10.3. The number of carboxylic acid groups (broad SMARTS) is 1. The molecule has 1 saturated carbocycles. The fraction of sp³-hybridized carbons (Fsp3) is 0.464. The number of hydrogen-bond donors (Lipinski definition) is 3. The van der Waals surface area contributed by atoms with E-state index >= 15 is 0 Å². The lowest BCUT2D eigenvalue weighted by molar-refractivity contribution is -0.147. The van der Waals surface area contributed by atoms with Gasteiger partial charge in [0.1, 0.15) is 6.61 Å². The molecule has 0 radical (unpaired) electrons. The van der Waals surface area contributed by atoms with Crippen LogP contribution < -0.4 is 10.6 Å². The maximum Gasteiger partial charge on any atom is 0.407 e. The maximum absolute atomic E-state index is 12.7. The largest absolute Gasteiger partial charge is 0.481 e. The molecule has 7 nitrogen and oxygen atoms in total. The predicted octanol–water partition coefficient (Wildman–Crippen LogP) is 4.70. The minimum atomic E-state index is -0.880. The topological polar surface area (TPSA) is 105 Å². The van der Waals surface area contributed by atoms with Gasteiger partial charge in [-0.15, -0.1) is 0 Å². The molecule has 35 heavy (non-hydrogen) atoms. The van der Waals surface area contributed by atoms with E-state index < -0.39 is 17.5 Å². The van der Waals surface area contributed by atoms with Crippen molar-refractivity contribution in [2.45, 2.75) is 57.9 Å². The number of alkyl carbamates (subject to hydrolysis) is 1. The fourth-order valence-corrected chi connectivity index (χ4v) is 5.19. The van der Waals surface area contributed by atoms with Crippen LogP contribution in [0.4, 0.5) is 4.79 Å². The van der Waals surface area contributed by atoms with Crippen molar-refractivity contribution in [2.24, 2.45) is 11.3 Å². The molecule has 186 valence electrons. The first-order valence-electron chi connectivity index (χ1n) is 12.4. The summed E-state index contributed by atoms with van der Waals surface area (Å²) >= 11 is 0. The zero-order valence-corrected chi connectivity index (χ0v) is 20.4. The molecular formula is C28H34N2O5.